The standard InChI is InChI=1S/C17H14N2O4/c1-2-20-13-6-3-11(4-7-13)16-18-19-17(23-16)12-5-8-14-15(9-12)22-10-21-14/h3-9H,2,10H2,1H3. The van der Waals surface area contributed by atoms with Crippen molar-refractivity contribution in [1.82, 2.24) is 10.2 Å². The topological polar surface area (TPSA) is 66.6 Å². The Morgan fingerprint density at radius 1 is 0.913 bits per heavy atom. The van der Waals surface area contributed by atoms with Crippen LogP contribution in [-0.2, 0) is 0 Å². The fourth-order valence-corrected chi connectivity index (χ4v) is 2.35. The van der Waals surface area contributed by atoms with Gasteiger partial charge in [0, 0.05) is 11.1 Å². The van der Waals surface area contributed by atoms with Crippen LogP contribution in [-0.4, -0.2) is 23.6 Å². The molecule has 0 atom stereocenters. The van der Waals surface area contributed by atoms with E-state index in [1.165, 1.54) is 0 Å². The van der Waals surface area contributed by atoms with Crippen LogP contribution in [0.15, 0.2) is 46.9 Å². The van der Waals surface area contributed by atoms with E-state index in [-0.39, 0.29) is 6.79 Å². The second-order valence-corrected chi connectivity index (χ2v) is 4.94. The number of rotatable bonds is 4. The third-order valence-corrected chi connectivity index (χ3v) is 3.46. The van der Waals surface area contributed by atoms with Gasteiger partial charge in [0.1, 0.15) is 5.75 Å². The largest absolute Gasteiger partial charge is 0.494 e. The molecule has 0 saturated heterocycles. The van der Waals surface area contributed by atoms with E-state index in [9.17, 15) is 0 Å². The number of benzene rings is 2. The molecule has 3 aromatic rings. The van der Waals surface area contributed by atoms with Crippen LogP contribution >= 0.6 is 0 Å². The number of aromatic nitrogens is 2. The Morgan fingerprint density at radius 2 is 1.61 bits per heavy atom. The lowest BCUT2D eigenvalue weighted by molar-refractivity contribution is 0.174. The molecular weight excluding hydrogens is 296 g/mol. The van der Waals surface area contributed by atoms with E-state index in [1.54, 1.807) is 0 Å². The van der Waals surface area contributed by atoms with Crippen LogP contribution in [0.1, 0.15) is 6.92 Å². The molecule has 0 spiro atoms. The van der Waals surface area contributed by atoms with E-state index in [2.05, 4.69) is 10.2 Å². The van der Waals surface area contributed by atoms with Crippen LogP contribution in [0, 0.1) is 0 Å². The van der Waals surface area contributed by atoms with Crippen molar-refractivity contribution in [2.75, 3.05) is 13.4 Å². The molecule has 6 nitrogen and oxygen atoms in total. The van der Waals surface area contributed by atoms with Crippen LogP contribution in [0.3, 0.4) is 0 Å². The van der Waals surface area contributed by atoms with E-state index in [1.807, 2.05) is 49.4 Å². The highest BCUT2D eigenvalue weighted by Gasteiger charge is 2.17. The summed E-state index contributed by atoms with van der Waals surface area (Å²) >= 11 is 0. The molecule has 1 aliphatic rings. The molecule has 0 unspecified atom stereocenters. The Bertz CT molecular complexity index is 827. The predicted molar refractivity (Wildman–Crippen MR) is 82.5 cm³/mol. The molecule has 6 heteroatoms. The normalized spacial score (nSPS) is 12.4. The molecule has 0 radical (unpaired) electrons. The maximum Gasteiger partial charge on any atom is 0.248 e. The third kappa shape index (κ3) is 2.59. The zero-order chi connectivity index (χ0) is 15.6. The lowest BCUT2D eigenvalue weighted by Crippen LogP contribution is -1.92. The van der Waals surface area contributed by atoms with Crippen LogP contribution < -0.4 is 14.2 Å². The van der Waals surface area contributed by atoms with E-state index >= 15 is 0 Å². The molecule has 1 aromatic heterocycles. The number of hydrogen-bond donors (Lipinski definition) is 0. The van der Waals surface area contributed by atoms with Crippen LogP contribution in [0.5, 0.6) is 17.2 Å². The molecule has 0 saturated carbocycles. The van der Waals surface area contributed by atoms with Gasteiger partial charge in [-0.05, 0) is 49.4 Å². The second-order valence-electron chi connectivity index (χ2n) is 4.94. The highest BCUT2D eigenvalue weighted by molar-refractivity contribution is 5.62. The summed E-state index contributed by atoms with van der Waals surface area (Å²) in [6, 6.07) is 13.1. The first-order valence-electron chi connectivity index (χ1n) is 7.30. The van der Waals surface area contributed by atoms with E-state index in [4.69, 9.17) is 18.6 Å². The maximum atomic E-state index is 5.76. The van der Waals surface area contributed by atoms with Crippen molar-refractivity contribution in [3.63, 3.8) is 0 Å². The van der Waals surface area contributed by atoms with Crippen molar-refractivity contribution in [2.24, 2.45) is 0 Å². The highest BCUT2D eigenvalue weighted by atomic mass is 16.7. The van der Waals surface area contributed by atoms with Gasteiger partial charge in [-0.1, -0.05) is 0 Å². The summed E-state index contributed by atoms with van der Waals surface area (Å²) in [6.07, 6.45) is 0. The Labute approximate surface area is 132 Å². The summed E-state index contributed by atoms with van der Waals surface area (Å²) in [4.78, 5) is 0. The molecule has 2 aromatic carbocycles. The molecule has 116 valence electrons. The van der Waals surface area contributed by atoms with Gasteiger partial charge >= 0.3 is 0 Å². The van der Waals surface area contributed by atoms with Crippen molar-refractivity contribution in [1.29, 1.82) is 0 Å². The quantitative estimate of drug-likeness (QED) is 0.734. The summed E-state index contributed by atoms with van der Waals surface area (Å²) in [5.41, 5.74) is 1.63. The van der Waals surface area contributed by atoms with Crippen molar-refractivity contribution < 1.29 is 18.6 Å². The molecule has 0 fully saturated rings. The van der Waals surface area contributed by atoms with Gasteiger partial charge in [-0.25, -0.2) is 0 Å². The first-order chi connectivity index (χ1) is 11.3. The lowest BCUT2D eigenvalue weighted by Gasteiger charge is -2.02. The summed E-state index contributed by atoms with van der Waals surface area (Å²) in [6.45, 7) is 2.82. The van der Waals surface area contributed by atoms with Gasteiger partial charge in [0.05, 0.1) is 6.61 Å². The van der Waals surface area contributed by atoms with Crippen molar-refractivity contribution >= 4 is 0 Å². The highest BCUT2D eigenvalue weighted by Crippen LogP contribution is 2.36. The number of fused-ring (bicyclic) bond motifs is 1. The maximum absolute atomic E-state index is 5.76. The molecule has 2 heterocycles. The fraction of sp³-hybridized carbons (Fsp3) is 0.176. The van der Waals surface area contributed by atoms with E-state index < -0.39 is 0 Å². The van der Waals surface area contributed by atoms with Gasteiger partial charge < -0.3 is 18.6 Å². The number of ether oxygens (including phenoxy) is 3. The van der Waals surface area contributed by atoms with Gasteiger partial charge in [-0.15, -0.1) is 10.2 Å². The Kier molecular flexibility index (Phi) is 3.34. The van der Waals surface area contributed by atoms with Crippen molar-refractivity contribution in [2.45, 2.75) is 6.92 Å². The molecular formula is C17H14N2O4. The summed E-state index contributed by atoms with van der Waals surface area (Å²) < 4.78 is 21.8. The zero-order valence-corrected chi connectivity index (χ0v) is 12.5. The van der Waals surface area contributed by atoms with E-state index in [0.29, 0.717) is 24.1 Å². The van der Waals surface area contributed by atoms with Gasteiger partial charge in [-0.3, -0.25) is 0 Å². The summed E-state index contributed by atoms with van der Waals surface area (Å²) in [5, 5.41) is 8.21. The minimum atomic E-state index is 0.236. The van der Waals surface area contributed by atoms with Gasteiger partial charge in [-0.2, -0.15) is 0 Å². The predicted octanol–water partition coefficient (Wildman–Crippen LogP) is 3.53. The molecule has 0 N–H and O–H groups in total. The van der Waals surface area contributed by atoms with E-state index in [0.717, 1.165) is 22.6 Å². The molecule has 0 aliphatic carbocycles. The average Bonchev–Trinajstić information content (AvgIpc) is 3.24. The van der Waals surface area contributed by atoms with Crippen LogP contribution in [0.4, 0.5) is 0 Å². The SMILES string of the molecule is CCOc1ccc(-c2nnc(-c3ccc4c(c3)OCO4)o2)cc1. The molecule has 0 amide bonds. The Balaban J connectivity index is 1.61. The summed E-state index contributed by atoms with van der Waals surface area (Å²) in [5.74, 6) is 3.11. The second kappa shape index (κ2) is 5.64. The molecule has 1 aliphatic heterocycles. The van der Waals surface area contributed by atoms with Gasteiger partial charge in [0.25, 0.3) is 0 Å². The molecule has 23 heavy (non-hydrogen) atoms. The van der Waals surface area contributed by atoms with Crippen LogP contribution in [0.2, 0.25) is 0 Å². The first-order valence-corrected chi connectivity index (χ1v) is 7.30. The third-order valence-electron chi connectivity index (χ3n) is 3.46. The Morgan fingerprint density at radius 3 is 2.39 bits per heavy atom. The fourth-order valence-electron chi connectivity index (χ4n) is 2.35. The minimum Gasteiger partial charge on any atom is -0.494 e. The van der Waals surface area contributed by atoms with Crippen molar-refractivity contribution in [3.8, 4) is 40.2 Å². The van der Waals surface area contributed by atoms with Crippen molar-refractivity contribution in [3.05, 3.63) is 42.5 Å². The van der Waals surface area contributed by atoms with Gasteiger partial charge in [0.2, 0.25) is 18.6 Å². The first kappa shape index (κ1) is 13.6. The number of hydrogen-bond acceptors (Lipinski definition) is 6. The van der Waals surface area contributed by atoms with Gasteiger partial charge in [0.15, 0.2) is 11.5 Å². The molecule has 0 bridgehead atoms. The smallest absolute Gasteiger partial charge is 0.248 e. The van der Waals surface area contributed by atoms with Crippen LogP contribution in [0.25, 0.3) is 22.9 Å². The molecule has 4 rings (SSSR count). The lowest BCUT2D eigenvalue weighted by atomic mass is 10.2. The zero-order valence-electron chi connectivity index (χ0n) is 12.5. The minimum absolute atomic E-state index is 0.236. The number of nitrogens with zero attached hydrogens (tertiary/aromatic N) is 2. The average molecular weight is 310 g/mol. The summed E-state index contributed by atoms with van der Waals surface area (Å²) in [7, 11) is 0. The monoisotopic (exact) mass is 310 g/mol. The Hall–Kier alpha value is -3.02.